The summed E-state index contributed by atoms with van der Waals surface area (Å²) in [7, 11) is 0. The molecule has 0 saturated carbocycles. The highest BCUT2D eigenvalue weighted by Gasteiger charge is 2.41. The first-order valence-electron chi connectivity index (χ1n) is 29.0. The van der Waals surface area contributed by atoms with E-state index in [-0.39, 0.29) is 86.0 Å². The summed E-state index contributed by atoms with van der Waals surface area (Å²) in [5.41, 5.74) is 6.18. The minimum absolute atomic E-state index is 0.192. The van der Waals surface area contributed by atoms with E-state index < -0.39 is 35.5 Å². The molecule has 1 aromatic carbocycles. The molecule has 8 amide bonds. The van der Waals surface area contributed by atoms with Crippen molar-refractivity contribution >= 4 is 70.3 Å². The predicted octanol–water partition coefficient (Wildman–Crippen LogP) is -2.30. The van der Waals surface area contributed by atoms with Crippen LogP contribution in [0.5, 0.6) is 0 Å². The fourth-order valence-electron chi connectivity index (χ4n) is 10.1. The highest BCUT2D eigenvalue weighted by molar-refractivity contribution is 6.18. The highest BCUT2D eigenvalue weighted by atomic mass is 16.6. The van der Waals surface area contributed by atoms with E-state index >= 15 is 0 Å². The van der Waals surface area contributed by atoms with Crippen molar-refractivity contribution in [1.29, 1.82) is 0 Å². The third-order valence-corrected chi connectivity index (χ3v) is 15.0. The van der Waals surface area contributed by atoms with Gasteiger partial charge in [-0.05, 0) is 23.8 Å². The molecule has 8 aliphatic rings. The van der Waals surface area contributed by atoms with Crippen LogP contribution in [0.3, 0.4) is 0 Å². The van der Waals surface area contributed by atoms with Gasteiger partial charge < -0.3 is 61.5 Å². The molecule has 4 saturated heterocycles. The van der Waals surface area contributed by atoms with Gasteiger partial charge >= 0.3 is 0 Å². The number of anilines is 4. The minimum Gasteiger partial charge on any atom is -0.371 e. The van der Waals surface area contributed by atoms with Gasteiger partial charge in [0.2, 0.25) is 47.3 Å². The Morgan fingerprint density at radius 3 is 1.25 bits per heavy atom. The summed E-state index contributed by atoms with van der Waals surface area (Å²) in [6, 6.07) is 12.3. The van der Waals surface area contributed by atoms with Crippen LogP contribution in [0.4, 0.5) is 23.0 Å². The molecule has 8 aliphatic heterocycles. The van der Waals surface area contributed by atoms with Crippen molar-refractivity contribution in [2.24, 2.45) is 0 Å². The molecule has 0 bridgehead atoms. The van der Waals surface area contributed by atoms with E-state index in [1.807, 2.05) is 12.1 Å². The number of para-hydroxylation sites is 1. The van der Waals surface area contributed by atoms with Gasteiger partial charge in [0.15, 0.2) is 0 Å². The van der Waals surface area contributed by atoms with E-state index in [0.717, 1.165) is 26.4 Å². The van der Waals surface area contributed by atoms with Crippen LogP contribution < -0.4 is 42.5 Å². The maximum absolute atomic E-state index is 12.3. The number of rotatable bonds is 20. The molecule has 0 radical (unpaired) electrons. The molecule has 15 heterocycles. The average molecular weight is 1260 g/mol. The number of fused-ring (bicyclic) bond motifs is 4. The number of hydrogen-bond acceptors (Lipinski definition) is 24. The lowest BCUT2D eigenvalue weighted by Crippen LogP contribution is -2.32. The summed E-state index contributed by atoms with van der Waals surface area (Å²) in [5.74, 6) is -5.66. The summed E-state index contributed by atoms with van der Waals surface area (Å²) in [4.78, 5) is 113. The van der Waals surface area contributed by atoms with Crippen molar-refractivity contribution in [3.05, 3.63) is 143 Å². The number of aromatic nitrogens is 16. The zero-order valence-corrected chi connectivity index (χ0v) is 48.4. The lowest BCUT2D eigenvalue weighted by Gasteiger charge is -2.08. The van der Waals surface area contributed by atoms with Crippen molar-refractivity contribution in [3.8, 4) is 0 Å². The van der Waals surface area contributed by atoms with Crippen LogP contribution >= 0.6 is 0 Å². The Bertz CT molecular complexity index is 3600. The van der Waals surface area contributed by atoms with Crippen molar-refractivity contribution in [2.45, 2.75) is 100 Å². The third-order valence-electron chi connectivity index (χ3n) is 15.0. The van der Waals surface area contributed by atoms with Gasteiger partial charge in [-0.3, -0.25) is 43.3 Å². The van der Waals surface area contributed by atoms with Gasteiger partial charge in [-0.1, -0.05) is 45.1 Å². The molecule has 0 spiro atoms. The van der Waals surface area contributed by atoms with Crippen molar-refractivity contribution in [2.75, 3.05) is 47.7 Å². The van der Waals surface area contributed by atoms with Gasteiger partial charge in [-0.25, -0.2) is 33.7 Å². The van der Waals surface area contributed by atoms with Crippen molar-refractivity contribution in [1.82, 2.24) is 101 Å². The van der Waals surface area contributed by atoms with Gasteiger partial charge in [0, 0.05) is 52.9 Å². The number of epoxide rings is 4. The Morgan fingerprint density at radius 2 is 0.793 bits per heavy atom. The molecule has 8 aromatic rings. The maximum atomic E-state index is 12.3. The topological polar surface area (TPSA) is 457 Å². The van der Waals surface area contributed by atoms with E-state index in [2.05, 4.69) is 104 Å². The van der Waals surface area contributed by atoms with Crippen LogP contribution in [0.1, 0.15) is 68.7 Å². The molecule has 36 heteroatoms. The first kappa shape index (κ1) is 59.7. The lowest BCUT2D eigenvalue weighted by molar-refractivity contribution is -0.130. The second-order valence-corrected chi connectivity index (χ2v) is 21.9. The monoisotopic (exact) mass is 1260 g/mol. The molecular weight excluding hydrogens is 1200 g/mol. The van der Waals surface area contributed by atoms with E-state index in [1.165, 1.54) is 18.7 Å². The van der Waals surface area contributed by atoms with Gasteiger partial charge in [0.05, 0.1) is 104 Å². The number of carbonyl (C=O) groups is 8. The standard InChI is InChI=1S/C15H15N5O3.2C14H14N6O3.C13H13N7O3/c21-14(13-11-3-1-2-4-12(11)17-15(13)22)16-5-9-6-20(19-18-9)7-10-8-23-10;21-13(12-10-4-15-2-1-11(10)17-14(12)22)16-3-8-5-20(19-18-8)6-9-7-23-9;21-13(11-10-2-1-3-15-12(10)17-14(11)22)16-4-8-5-20(19-18-8)6-9-7-23-9;21-12(10-9-2-14-6-16-11(9)17-13(10)22)15-1-7-3-20(19-18-7)4-8-5-23-8/h1-4,6,10,13H,5,7-8H2,(H,16,21)(H,17,22);1-2,4-5,9,12H,3,6-7H2,(H,16,21)(H,17,22);1-3,5,9,11H,4,6-7H2,(H,16,21)(H,15,17,22);2-3,6,8,10H,1,4-5H2,(H,15,21)(H,14,16,17,22). The summed E-state index contributed by atoms with van der Waals surface area (Å²) in [6.07, 6.45) is 15.3. The highest BCUT2D eigenvalue weighted by Crippen LogP contribution is 2.34. The number of nitrogens with one attached hydrogen (secondary N) is 8. The van der Waals surface area contributed by atoms with Crippen LogP contribution in [0.15, 0.2) is 98.4 Å². The summed E-state index contributed by atoms with van der Waals surface area (Å²) in [5, 5.41) is 53.3. The Labute approximate surface area is 518 Å². The van der Waals surface area contributed by atoms with Gasteiger partial charge in [-0.15, -0.1) is 20.4 Å². The molecule has 0 aliphatic carbocycles. The summed E-state index contributed by atoms with van der Waals surface area (Å²) < 4.78 is 27.2. The van der Waals surface area contributed by atoms with Crippen molar-refractivity contribution in [3.63, 3.8) is 0 Å². The largest absolute Gasteiger partial charge is 0.371 e. The molecule has 92 heavy (non-hydrogen) atoms. The molecule has 16 rings (SSSR count). The SMILES string of the molecule is O=C(NCc1cn(CC2CO2)nn1)C1C(=O)Nc2ccccc21.O=C(NCc1cn(CC2CO2)nn1)C1C(=O)Nc2ccncc21.O=C(NCc1cn(CC2CO2)nn1)C1C(=O)Nc2ncccc21.O=C(NCc1cn(CC2CO2)nn1)C1C(=O)Nc2ncncc21. The Morgan fingerprint density at radius 1 is 0.424 bits per heavy atom. The molecule has 4 fully saturated rings. The number of amides is 8. The maximum Gasteiger partial charge on any atom is 0.242 e. The molecule has 7 aromatic heterocycles. The first-order valence-corrected chi connectivity index (χ1v) is 29.0. The van der Waals surface area contributed by atoms with Crippen LogP contribution in [-0.4, -0.2) is 178 Å². The minimum atomic E-state index is -0.943. The average Bonchev–Trinajstić information content (AvgIpc) is 2.24. The predicted molar refractivity (Wildman–Crippen MR) is 309 cm³/mol. The molecule has 36 nitrogen and oxygen atoms in total. The smallest absolute Gasteiger partial charge is 0.242 e. The third kappa shape index (κ3) is 14.6. The van der Waals surface area contributed by atoms with Crippen LogP contribution in [0.25, 0.3) is 0 Å². The number of hydrogen-bond donors (Lipinski definition) is 8. The number of benzene rings is 1. The zero-order valence-electron chi connectivity index (χ0n) is 48.4. The van der Waals surface area contributed by atoms with E-state index in [1.54, 1.807) is 86.2 Å². The number of carbonyl (C=O) groups excluding carboxylic acids is 8. The van der Waals surface area contributed by atoms with E-state index in [4.69, 9.17) is 18.9 Å². The fraction of sp³-hybridized carbons (Fsp3) is 0.357. The molecule has 8 N–H and O–H groups in total. The molecule has 8 unspecified atom stereocenters. The van der Waals surface area contributed by atoms with E-state index in [9.17, 15) is 38.4 Å². The molecule has 472 valence electrons. The Hall–Kier alpha value is -11.2. The number of ether oxygens (including phenoxy) is 4. The van der Waals surface area contributed by atoms with E-state index in [0.29, 0.717) is 94.2 Å². The van der Waals surface area contributed by atoms with Gasteiger partial charge in [0.25, 0.3) is 0 Å². The summed E-state index contributed by atoms with van der Waals surface area (Å²) in [6.45, 7) is 6.46. The quantitative estimate of drug-likeness (QED) is 0.0294. The molecular formula is C56H56N24O12. The Balaban J connectivity index is 0.000000112. The second-order valence-electron chi connectivity index (χ2n) is 21.9. The summed E-state index contributed by atoms with van der Waals surface area (Å²) >= 11 is 0. The zero-order chi connectivity index (χ0) is 63.2. The lowest BCUT2D eigenvalue weighted by atomic mass is 10.00. The fourth-order valence-corrected chi connectivity index (χ4v) is 10.1. The number of nitrogens with zero attached hydrogens (tertiary/aromatic N) is 16. The van der Waals surface area contributed by atoms with Crippen LogP contribution in [0.2, 0.25) is 0 Å². The normalized spacial score (nSPS) is 21.7. The van der Waals surface area contributed by atoms with Gasteiger partial charge in [-0.2, -0.15) is 0 Å². The van der Waals surface area contributed by atoms with Crippen LogP contribution in [0, 0.1) is 0 Å². The first-order chi connectivity index (χ1) is 44.8. The molecule has 8 atom stereocenters. The number of pyridine rings is 2. The second kappa shape index (κ2) is 26.5. The van der Waals surface area contributed by atoms with Gasteiger partial charge in [0.1, 0.15) is 88.8 Å². The van der Waals surface area contributed by atoms with Crippen molar-refractivity contribution < 1.29 is 57.3 Å². The Kier molecular flexibility index (Phi) is 17.2. The van der Waals surface area contributed by atoms with Crippen LogP contribution in [-0.2, 0) is 110 Å².